The maximum Gasteiger partial charge on any atom is 0.416 e. The van der Waals surface area contributed by atoms with E-state index in [0.29, 0.717) is 12.4 Å². The number of carbonyl (C=O) groups is 2. The predicted molar refractivity (Wildman–Crippen MR) is 133 cm³/mol. The van der Waals surface area contributed by atoms with Crippen LogP contribution >= 0.6 is 0 Å². The lowest BCUT2D eigenvalue weighted by atomic mass is 10.1. The number of amides is 1. The number of esters is 1. The summed E-state index contributed by atoms with van der Waals surface area (Å²) in [6, 6.07) is 12.1. The van der Waals surface area contributed by atoms with Gasteiger partial charge in [-0.1, -0.05) is 29.8 Å². The third kappa shape index (κ3) is 7.42. The summed E-state index contributed by atoms with van der Waals surface area (Å²) in [5, 5.41) is 0. The molecule has 34 heavy (non-hydrogen) atoms. The van der Waals surface area contributed by atoms with Crippen molar-refractivity contribution < 1.29 is 19.1 Å². The number of rotatable bonds is 7. The minimum absolute atomic E-state index is 0.0475. The molecule has 2 aromatic rings. The molecule has 7 heteroatoms. The zero-order valence-electron chi connectivity index (χ0n) is 20.8. The zero-order chi connectivity index (χ0) is 24.7. The minimum Gasteiger partial charge on any atom is -0.463 e. The summed E-state index contributed by atoms with van der Waals surface area (Å²) in [4.78, 5) is 33.3. The lowest BCUT2D eigenvalue weighted by molar-refractivity contribution is -0.137. The van der Waals surface area contributed by atoms with Crippen molar-refractivity contribution in [1.29, 1.82) is 0 Å². The van der Waals surface area contributed by atoms with Gasteiger partial charge < -0.3 is 9.47 Å². The summed E-state index contributed by atoms with van der Waals surface area (Å²) in [7, 11) is 0. The van der Waals surface area contributed by atoms with Gasteiger partial charge in [0, 0.05) is 31.9 Å². The molecule has 0 N–H and O–H groups in total. The smallest absolute Gasteiger partial charge is 0.416 e. The van der Waals surface area contributed by atoms with Gasteiger partial charge in [-0.25, -0.2) is 14.6 Å². The van der Waals surface area contributed by atoms with E-state index in [0.717, 1.165) is 31.6 Å². The average molecular weight is 466 g/mol. The fourth-order valence-electron chi connectivity index (χ4n) is 3.85. The van der Waals surface area contributed by atoms with Crippen LogP contribution in [-0.2, 0) is 20.8 Å². The van der Waals surface area contributed by atoms with Gasteiger partial charge in [0.2, 0.25) is 0 Å². The first kappa shape index (κ1) is 25.4. The fourth-order valence-corrected chi connectivity index (χ4v) is 3.85. The van der Waals surface area contributed by atoms with E-state index in [1.165, 1.54) is 17.2 Å². The number of likely N-dealkylation sites (tertiary alicyclic amines) is 1. The molecular formula is C27H35N3O4. The lowest BCUT2D eigenvalue weighted by Crippen LogP contribution is -2.45. The van der Waals surface area contributed by atoms with Crippen LogP contribution < -0.4 is 4.90 Å². The maximum atomic E-state index is 13.2. The number of aromatic nitrogens is 1. The van der Waals surface area contributed by atoms with Crippen LogP contribution in [0, 0.1) is 6.92 Å². The van der Waals surface area contributed by atoms with Crippen LogP contribution in [0.4, 0.5) is 10.6 Å². The first-order valence-corrected chi connectivity index (χ1v) is 11.8. The second-order valence-electron chi connectivity index (χ2n) is 9.55. The summed E-state index contributed by atoms with van der Waals surface area (Å²) in [6.07, 6.45) is 5.08. The van der Waals surface area contributed by atoms with Gasteiger partial charge in [-0.2, -0.15) is 0 Å². The second kappa shape index (κ2) is 11.3. The van der Waals surface area contributed by atoms with Crippen molar-refractivity contribution in [3.05, 3.63) is 65.4 Å². The average Bonchev–Trinajstić information content (AvgIpc) is 3.22. The van der Waals surface area contributed by atoms with Crippen LogP contribution in [0.5, 0.6) is 0 Å². The molecule has 0 aliphatic carbocycles. The molecule has 1 aliphatic heterocycles. The van der Waals surface area contributed by atoms with Crippen LogP contribution in [0.25, 0.3) is 6.08 Å². The summed E-state index contributed by atoms with van der Waals surface area (Å²) in [5.41, 5.74) is 2.63. The first-order valence-electron chi connectivity index (χ1n) is 11.8. The van der Waals surface area contributed by atoms with Crippen LogP contribution in [-0.4, -0.2) is 53.3 Å². The van der Waals surface area contributed by atoms with E-state index in [2.05, 4.69) is 41.1 Å². The van der Waals surface area contributed by atoms with Gasteiger partial charge in [-0.3, -0.25) is 9.80 Å². The highest BCUT2D eigenvalue weighted by atomic mass is 16.6. The number of hydrogen-bond donors (Lipinski definition) is 0. The molecule has 7 nitrogen and oxygen atoms in total. The summed E-state index contributed by atoms with van der Waals surface area (Å²) in [6.45, 7) is 12.2. The summed E-state index contributed by atoms with van der Waals surface area (Å²) in [5.74, 6) is 0.131. The molecule has 1 aromatic carbocycles. The summed E-state index contributed by atoms with van der Waals surface area (Å²) >= 11 is 0. The molecule has 0 saturated carbocycles. The third-order valence-corrected chi connectivity index (χ3v) is 5.45. The zero-order valence-corrected chi connectivity index (χ0v) is 20.8. The molecule has 1 atom stereocenters. The molecule has 0 unspecified atom stereocenters. The number of hydrogen-bond acceptors (Lipinski definition) is 6. The van der Waals surface area contributed by atoms with Crippen molar-refractivity contribution >= 4 is 24.0 Å². The molecule has 1 saturated heterocycles. The third-order valence-electron chi connectivity index (χ3n) is 5.45. The number of anilines is 1. The molecule has 0 spiro atoms. The molecular weight excluding hydrogens is 430 g/mol. The molecule has 0 bridgehead atoms. The maximum absolute atomic E-state index is 13.2. The Kier molecular flexibility index (Phi) is 8.45. The number of nitrogens with zero attached hydrogens (tertiary/aromatic N) is 3. The van der Waals surface area contributed by atoms with Crippen LogP contribution in [0.3, 0.4) is 0 Å². The Labute approximate surface area is 202 Å². The standard InChI is InChI=1S/C27H35N3O4/c1-6-33-25(31)14-12-21-11-13-24(28-17-21)30(26(32)34-27(3,4)5)23-15-16-29(19-23)18-22-9-7-20(2)8-10-22/h7-14,17,23H,6,15-16,18-19H2,1-5H3/b14-12+/t23-/m1/s1. The largest absolute Gasteiger partial charge is 0.463 e. The Bertz CT molecular complexity index is 994. The van der Waals surface area contributed by atoms with Gasteiger partial charge in [0.25, 0.3) is 0 Å². The highest BCUT2D eigenvalue weighted by molar-refractivity contribution is 5.88. The van der Waals surface area contributed by atoms with Gasteiger partial charge in [0.1, 0.15) is 11.4 Å². The molecule has 1 aliphatic rings. The molecule has 2 heterocycles. The molecule has 1 amide bonds. The number of benzene rings is 1. The van der Waals surface area contributed by atoms with Crippen molar-refractivity contribution in [3.8, 4) is 0 Å². The lowest BCUT2D eigenvalue weighted by Gasteiger charge is -2.31. The van der Waals surface area contributed by atoms with Crippen molar-refractivity contribution in [2.24, 2.45) is 0 Å². The number of carbonyl (C=O) groups excluding carboxylic acids is 2. The highest BCUT2D eigenvalue weighted by Gasteiger charge is 2.35. The van der Waals surface area contributed by atoms with Gasteiger partial charge in [-0.05, 0) is 70.4 Å². The van der Waals surface area contributed by atoms with Crippen molar-refractivity contribution in [2.45, 2.75) is 59.2 Å². The minimum atomic E-state index is -0.613. The fraction of sp³-hybridized carbons (Fsp3) is 0.444. The van der Waals surface area contributed by atoms with Crippen LogP contribution in [0.15, 0.2) is 48.7 Å². The molecule has 182 valence electrons. The van der Waals surface area contributed by atoms with E-state index in [1.54, 1.807) is 30.2 Å². The number of ether oxygens (including phenoxy) is 2. The number of pyridine rings is 1. The topological polar surface area (TPSA) is 72.0 Å². The van der Waals surface area contributed by atoms with Gasteiger partial charge in [-0.15, -0.1) is 0 Å². The van der Waals surface area contributed by atoms with Crippen molar-refractivity contribution in [2.75, 3.05) is 24.6 Å². The predicted octanol–water partition coefficient (Wildman–Crippen LogP) is 4.98. The number of aryl methyl sites for hydroxylation is 1. The SMILES string of the molecule is CCOC(=O)/C=C/c1ccc(N(C(=O)OC(C)(C)C)[C@@H]2CCN(Cc3ccc(C)cc3)C2)nc1. The highest BCUT2D eigenvalue weighted by Crippen LogP contribution is 2.26. The molecule has 1 fully saturated rings. The van der Waals surface area contributed by atoms with E-state index in [1.807, 2.05) is 26.8 Å². The quantitative estimate of drug-likeness (QED) is 0.424. The Morgan fingerprint density at radius 3 is 2.53 bits per heavy atom. The monoisotopic (exact) mass is 465 g/mol. The van der Waals surface area contributed by atoms with Crippen molar-refractivity contribution in [1.82, 2.24) is 9.88 Å². The van der Waals surface area contributed by atoms with E-state index < -0.39 is 17.7 Å². The van der Waals surface area contributed by atoms with E-state index >= 15 is 0 Å². The van der Waals surface area contributed by atoms with E-state index in [9.17, 15) is 9.59 Å². The molecule has 0 radical (unpaired) electrons. The second-order valence-corrected chi connectivity index (χ2v) is 9.55. The van der Waals surface area contributed by atoms with Gasteiger partial charge >= 0.3 is 12.1 Å². The van der Waals surface area contributed by atoms with Crippen LogP contribution in [0.1, 0.15) is 50.8 Å². The van der Waals surface area contributed by atoms with Gasteiger partial charge in [0.05, 0.1) is 12.6 Å². The van der Waals surface area contributed by atoms with Crippen molar-refractivity contribution in [3.63, 3.8) is 0 Å². The Balaban J connectivity index is 1.75. The Morgan fingerprint density at radius 2 is 1.91 bits per heavy atom. The Hall–Kier alpha value is -3.19. The normalized spacial score (nSPS) is 16.6. The molecule has 3 rings (SSSR count). The first-order chi connectivity index (χ1) is 16.1. The van der Waals surface area contributed by atoms with E-state index in [-0.39, 0.29) is 6.04 Å². The van der Waals surface area contributed by atoms with Crippen LogP contribution in [0.2, 0.25) is 0 Å². The molecule has 1 aromatic heterocycles. The summed E-state index contributed by atoms with van der Waals surface area (Å²) < 4.78 is 10.6. The van der Waals surface area contributed by atoms with E-state index in [4.69, 9.17) is 9.47 Å². The van der Waals surface area contributed by atoms with Gasteiger partial charge in [0.15, 0.2) is 0 Å². The Morgan fingerprint density at radius 1 is 1.18 bits per heavy atom.